The lowest BCUT2D eigenvalue weighted by Crippen LogP contribution is -2.13. The van der Waals surface area contributed by atoms with Gasteiger partial charge in [0, 0.05) is 16.8 Å². The number of tetrazole rings is 1. The van der Waals surface area contributed by atoms with Gasteiger partial charge in [0.25, 0.3) is 5.91 Å². The van der Waals surface area contributed by atoms with Crippen LogP contribution in [0.4, 0.5) is 5.69 Å². The van der Waals surface area contributed by atoms with Crippen LogP contribution in [-0.2, 0) is 4.79 Å². The van der Waals surface area contributed by atoms with Gasteiger partial charge in [-0.25, -0.2) is 0 Å². The van der Waals surface area contributed by atoms with E-state index in [4.69, 9.17) is 16.0 Å². The summed E-state index contributed by atoms with van der Waals surface area (Å²) in [4.78, 5) is 12.4. The summed E-state index contributed by atoms with van der Waals surface area (Å²) < 4.78 is 7.31. The van der Waals surface area contributed by atoms with Crippen LogP contribution in [0.15, 0.2) is 87.0 Å². The molecule has 0 radical (unpaired) electrons. The first-order valence-electron chi connectivity index (χ1n) is 8.92. The smallest absolute Gasteiger partial charge is 0.266 e. The number of para-hydroxylation sites is 1. The Bertz CT molecular complexity index is 1280. The fourth-order valence-electron chi connectivity index (χ4n) is 2.55. The number of halogens is 1. The van der Waals surface area contributed by atoms with Gasteiger partial charge in [0.2, 0.25) is 5.16 Å². The van der Waals surface area contributed by atoms with Gasteiger partial charge in [-0.1, -0.05) is 29.8 Å². The third-order valence-corrected chi connectivity index (χ3v) is 5.10. The van der Waals surface area contributed by atoms with Crippen LogP contribution in [0.25, 0.3) is 11.8 Å². The lowest BCUT2D eigenvalue weighted by Gasteiger charge is -2.03. The van der Waals surface area contributed by atoms with E-state index in [1.165, 1.54) is 17.8 Å². The molecule has 4 rings (SSSR count). The summed E-state index contributed by atoms with van der Waals surface area (Å²) in [6, 6.07) is 21.3. The molecule has 8 nitrogen and oxygen atoms in total. The number of amides is 1. The first-order valence-corrected chi connectivity index (χ1v) is 10.1. The van der Waals surface area contributed by atoms with Gasteiger partial charge in [0.15, 0.2) is 5.09 Å². The lowest BCUT2D eigenvalue weighted by molar-refractivity contribution is -0.112. The van der Waals surface area contributed by atoms with Crippen molar-refractivity contribution in [2.45, 2.75) is 10.2 Å². The largest absolute Gasteiger partial charge is 0.450 e. The molecule has 0 saturated heterocycles. The maximum atomic E-state index is 12.4. The summed E-state index contributed by atoms with van der Waals surface area (Å²) in [7, 11) is 0. The van der Waals surface area contributed by atoms with E-state index in [0.717, 1.165) is 5.69 Å². The average molecular weight is 449 g/mol. The van der Waals surface area contributed by atoms with E-state index >= 15 is 0 Å². The zero-order chi connectivity index (χ0) is 21.6. The maximum Gasteiger partial charge on any atom is 0.266 e. The predicted molar refractivity (Wildman–Crippen MR) is 116 cm³/mol. The number of nitrogens with one attached hydrogen (secondary N) is 1. The Morgan fingerprint density at radius 3 is 2.65 bits per heavy atom. The van der Waals surface area contributed by atoms with Gasteiger partial charge in [-0.05, 0) is 70.7 Å². The molecule has 4 aromatic rings. The number of furan rings is 1. The highest BCUT2D eigenvalue weighted by atomic mass is 35.5. The van der Waals surface area contributed by atoms with Crippen molar-refractivity contribution in [2.24, 2.45) is 0 Å². The molecule has 0 fully saturated rings. The van der Waals surface area contributed by atoms with Crippen LogP contribution in [0, 0.1) is 11.3 Å². The second-order valence-corrected chi connectivity index (χ2v) is 7.51. The quantitative estimate of drug-likeness (QED) is 0.339. The highest BCUT2D eigenvalue weighted by Crippen LogP contribution is 2.29. The molecule has 0 atom stereocenters. The number of carbonyl (C=O) groups excluding carboxylic acids is 1. The van der Waals surface area contributed by atoms with Crippen LogP contribution < -0.4 is 5.32 Å². The van der Waals surface area contributed by atoms with Crippen LogP contribution in [0.1, 0.15) is 5.76 Å². The normalized spacial score (nSPS) is 11.2. The molecule has 1 amide bonds. The predicted octanol–water partition coefficient (Wildman–Crippen LogP) is 4.61. The Hall–Kier alpha value is -3.87. The number of carbonyl (C=O) groups is 1. The number of nitriles is 1. The molecule has 10 heteroatoms. The summed E-state index contributed by atoms with van der Waals surface area (Å²) in [5.74, 6) is -0.201. The fraction of sp³-hybridized carbons (Fsp3) is 0. The van der Waals surface area contributed by atoms with Gasteiger partial charge in [0.1, 0.15) is 17.4 Å². The zero-order valence-corrected chi connectivity index (χ0v) is 17.3. The topological polar surface area (TPSA) is 110 Å². The van der Waals surface area contributed by atoms with Gasteiger partial charge in [-0.2, -0.15) is 9.94 Å². The minimum atomic E-state index is -0.552. The van der Waals surface area contributed by atoms with E-state index in [9.17, 15) is 10.1 Å². The van der Waals surface area contributed by atoms with Gasteiger partial charge >= 0.3 is 0 Å². The van der Waals surface area contributed by atoms with E-state index in [0.29, 0.717) is 26.7 Å². The second-order valence-electron chi connectivity index (χ2n) is 6.10. The van der Waals surface area contributed by atoms with E-state index in [1.807, 2.05) is 36.4 Å². The van der Waals surface area contributed by atoms with Crippen molar-refractivity contribution in [3.05, 3.63) is 83.1 Å². The Kier molecular flexibility index (Phi) is 6.12. The minimum Gasteiger partial charge on any atom is -0.450 e. The molecule has 31 heavy (non-hydrogen) atoms. The van der Waals surface area contributed by atoms with Crippen molar-refractivity contribution in [1.82, 2.24) is 20.2 Å². The van der Waals surface area contributed by atoms with Crippen molar-refractivity contribution >= 4 is 41.0 Å². The van der Waals surface area contributed by atoms with Crippen LogP contribution in [0.3, 0.4) is 0 Å². The number of nitrogens with zero attached hydrogens (tertiary/aromatic N) is 5. The third kappa shape index (κ3) is 5.01. The van der Waals surface area contributed by atoms with Crippen LogP contribution in [0.2, 0.25) is 5.02 Å². The first-order chi connectivity index (χ1) is 15.1. The lowest BCUT2D eigenvalue weighted by atomic mass is 10.2. The molecule has 2 aromatic carbocycles. The van der Waals surface area contributed by atoms with Crippen molar-refractivity contribution in [3.8, 4) is 11.8 Å². The van der Waals surface area contributed by atoms with E-state index in [1.54, 1.807) is 41.1 Å². The molecular weight excluding hydrogens is 436 g/mol. The molecule has 1 N–H and O–H groups in total. The van der Waals surface area contributed by atoms with Gasteiger partial charge in [-0.15, -0.1) is 5.10 Å². The second kappa shape index (κ2) is 9.30. The number of rotatable bonds is 6. The maximum absolute atomic E-state index is 12.4. The molecule has 2 aromatic heterocycles. The average Bonchev–Trinajstić information content (AvgIpc) is 3.44. The summed E-state index contributed by atoms with van der Waals surface area (Å²) in [5.41, 5.74) is 1.24. The summed E-state index contributed by atoms with van der Waals surface area (Å²) >= 11 is 7.06. The Morgan fingerprint density at radius 2 is 1.90 bits per heavy atom. The minimum absolute atomic E-state index is 0.102. The zero-order valence-electron chi connectivity index (χ0n) is 15.8. The molecule has 0 bridgehead atoms. The van der Waals surface area contributed by atoms with Crippen molar-refractivity contribution in [2.75, 3.05) is 5.32 Å². The Morgan fingerprint density at radius 1 is 1.13 bits per heavy atom. The van der Waals surface area contributed by atoms with Crippen molar-refractivity contribution in [3.63, 3.8) is 0 Å². The van der Waals surface area contributed by atoms with Crippen molar-refractivity contribution < 1.29 is 9.21 Å². The van der Waals surface area contributed by atoms with Crippen LogP contribution in [0.5, 0.6) is 0 Å². The van der Waals surface area contributed by atoms with Crippen LogP contribution in [-0.4, -0.2) is 26.1 Å². The molecule has 152 valence electrons. The van der Waals surface area contributed by atoms with E-state index < -0.39 is 5.91 Å². The molecule has 0 unspecified atom stereocenters. The van der Waals surface area contributed by atoms with Gasteiger partial charge in [-0.3, -0.25) is 4.79 Å². The molecule has 0 aliphatic heterocycles. The van der Waals surface area contributed by atoms with Gasteiger partial charge in [0.05, 0.1) is 5.69 Å². The Balaban J connectivity index is 1.49. The Labute approximate surface area is 186 Å². The van der Waals surface area contributed by atoms with E-state index in [2.05, 4.69) is 20.8 Å². The summed E-state index contributed by atoms with van der Waals surface area (Å²) in [5, 5.41) is 25.3. The fourth-order valence-corrected chi connectivity index (χ4v) is 3.44. The number of hydrogen-bond donors (Lipinski definition) is 1. The molecule has 0 aliphatic rings. The van der Waals surface area contributed by atoms with Crippen LogP contribution >= 0.6 is 23.4 Å². The number of benzene rings is 2. The summed E-state index contributed by atoms with van der Waals surface area (Å²) in [6.45, 7) is 0. The number of aromatic nitrogens is 4. The molecular formula is C21H13ClN6O2S. The summed E-state index contributed by atoms with van der Waals surface area (Å²) in [6.07, 6.45) is 1.37. The number of anilines is 1. The molecule has 0 saturated carbocycles. The molecule has 2 heterocycles. The number of hydrogen-bond acceptors (Lipinski definition) is 7. The first kappa shape index (κ1) is 20.4. The van der Waals surface area contributed by atoms with Gasteiger partial charge < -0.3 is 9.73 Å². The molecule has 0 spiro atoms. The highest BCUT2D eigenvalue weighted by Gasteiger charge is 2.14. The standard InChI is InChI=1S/C21H13ClN6O2S/c22-15-6-8-16(9-7-15)24-20(29)14(13-23)12-18-10-11-19(30-18)31-21-25-26-27-28(21)17-4-2-1-3-5-17/h1-12H,(H,24,29)/b14-12+. The molecule has 0 aliphatic carbocycles. The van der Waals surface area contributed by atoms with Crippen molar-refractivity contribution in [1.29, 1.82) is 5.26 Å². The van der Waals surface area contributed by atoms with E-state index in [-0.39, 0.29) is 5.57 Å². The SMILES string of the molecule is N#C/C(=C\c1ccc(Sc2nnnn2-c2ccccc2)o1)C(=O)Nc1ccc(Cl)cc1. The third-order valence-electron chi connectivity index (χ3n) is 3.99. The highest BCUT2D eigenvalue weighted by molar-refractivity contribution is 7.99. The monoisotopic (exact) mass is 448 g/mol.